The smallest absolute Gasteiger partial charge is 0.352 e. The lowest BCUT2D eigenvalue weighted by molar-refractivity contribution is -0.138. The molecule has 1 fully saturated rings. The molecule has 14 heteroatoms. The quantitative estimate of drug-likeness (QED) is 0.504. The minimum Gasteiger partial charge on any atom is -0.352 e. The Bertz CT molecular complexity index is 1200. The van der Waals surface area contributed by atoms with Crippen molar-refractivity contribution in [2.45, 2.75) is 45.0 Å². The van der Waals surface area contributed by atoms with E-state index in [4.69, 9.17) is 0 Å². The van der Waals surface area contributed by atoms with Gasteiger partial charge in [0.25, 0.3) is 11.8 Å². The molecule has 0 unspecified atom stereocenters. The highest BCUT2D eigenvalue weighted by molar-refractivity contribution is 5.98. The summed E-state index contributed by atoms with van der Waals surface area (Å²) in [5.41, 5.74) is -0.775. The molecular formula is C22H23F5N8O. The van der Waals surface area contributed by atoms with Crippen LogP contribution in [0.4, 0.5) is 27.9 Å². The van der Waals surface area contributed by atoms with Crippen molar-refractivity contribution in [3.63, 3.8) is 0 Å². The van der Waals surface area contributed by atoms with Gasteiger partial charge in [0.1, 0.15) is 0 Å². The molecule has 3 aromatic heterocycles. The number of alkyl halides is 5. The van der Waals surface area contributed by atoms with Crippen molar-refractivity contribution in [3.8, 4) is 11.4 Å². The second kappa shape index (κ2) is 9.74. The first-order chi connectivity index (χ1) is 17.0. The Morgan fingerprint density at radius 2 is 1.83 bits per heavy atom. The summed E-state index contributed by atoms with van der Waals surface area (Å²) in [7, 11) is 0. The van der Waals surface area contributed by atoms with E-state index in [1.54, 1.807) is 19.2 Å². The predicted octanol–water partition coefficient (Wildman–Crippen LogP) is 3.77. The minimum atomic E-state index is -4.59. The number of nitrogens with zero attached hydrogens (tertiary/aromatic N) is 7. The summed E-state index contributed by atoms with van der Waals surface area (Å²) >= 11 is 0. The van der Waals surface area contributed by atoms with E-state index in [-0.39, 0.29) is 24.0 Å². The molecule has 1 amide bonds. The van der Waals surface area contributed by atoms with Gasteiger partial charge in [0.2, 0.25) is 5.95 Å². The maximum atomic E-state index is 14.6. The Kier molecular flexibility index (Phi) is 6.87. The zero-order chi connectivity index (χ0) is 26.1. The van der Waals surface area contributed by atoms with Crippen LogP contribution in [0.5, 0.6) is 0 Å². The van der Waals surface area contributed by atoms with Crippen LogP contribution in [0.3, 0.4) is 0 Å². The number of anilines is 1. The number of piperidine rings is 1. The number of nitrogens with one attached hydrogen (secondary N) is 1. The van der Waals surface area contributed by atoms with Gasteiger partial charge in [-0.3, -0.25) is 9.48 Å². The molecule has 1 aliphatic heterocycles. The fourth-order valence-corrected chi connectivity index (χ4v) is 4.12. The number of aromatic nitrogens is 6. The SMILES string of the molecule is CCn1cc(-c2ncccn2)c(C(=O)N2CC(F)(F)C[C@@H](C)[C@H]2CNc2ncc(C(F)(F)F)cn2)n1. The van der Waals surface area contributed by atoms with Crippen LogP contribution in [0.25, 0.3) is 11.4 Å². The first-order valence-corrected chi connectivity index (χ1v) is 11.1. The highest BCUT2D eigenvalue weighted by Crippen LogP contribution is 2.36. The van der Waals surface area contributed by atoms with Crippen molar-refractivity contribution in [1.82, 2.24) is 34.6 Å². The van der Waals surface area contributed by atoms with Gasteiger partial charge in [-0.05, 0) is 18.9 Å². The molecule has 1 aliphatic rings. The van der Waals surface area contributed by atoms with Crippen molar-refractivity contribution in [3.05, 3.63) is 48.3 Å². The van der Waals surface area contributed by atoms with Gasteiger partial charge < -0.3 is 10.2 Å². The van der Waals surface area contributed by atoms with Gasteiger partial charge in [0.15, 0.2) is 11.5 Å². The molecule has 2 atom stereocenters. The third-order valence-corrected chi connectivity index (χ3v) is 5.88. The number of carbonyl (C=O) groups excluding carboxylic acids is 1. The Morgan fingerprint density at radius 1 is 1.17 bits per heavy atom. The molecule has 1 N–H and O–H groups in total. The van der Waals surface area contributed by atoms with Crippen LogP contribution in [-0.2, 0) is 12.7 Å². The van der Waals surface area contributed by atoms with Gasteiger partial charge in [-0.2, -0.15) is 18.3 Å². The van der Waals surface area contributed by atoms with E-state index < -0.39 is 48.5 Å². The fourth-order valence-electron chi connectivity index (χ4n) is 4.12. The van der Waals surface area contributed by atoms with Crippen LogP contribution in [-0.4, -0.2) is 65.6 Å². The largest absolute Gasteiger partial charge is 0.419 e. The second-order valence-electron chi connectivity index (χ2n) is 8.53. The third-order valence-electron chi connectivity index (χ3n) is 5.88. The number of carbonyl (C=O) groups is 1. The normalized spacial score (nSPS) is 19.8. The number of hydrogen-bond donors (Lipinski definition) is 1. The van der Waals surface area contributed by atoms with Gasteiger partial charge in [-0.25, -0.2) is 28.7 Å². The van der Waals surface area contributed by atoms with E-state index >= 15 is 0 Å². The molecule has 1 saturated heterocycles. The zero-order valence-corrected chi connectivity index (χ0v) is 19.4. The number of hydrogen-bond acceptors (Lipinski definition) is 7. The molecule has 0 spiro atoms. The van der Waals surface area contributed by atoms with Crippen molar-refractivity contribution in [2.75, 3.05) is 18.4 Å². The Hall–Kier alpha value is -3.71. The third kappa shape index (κ3) is 5.41. The lowest BCUT2D eigenvalue weighted by atomic mass is 9.88. The topological polar surface area (TPSA) is 102 Å². The van der Waals surface area contributed by atoms with Crippen LogP contribution in [0.1, 0.15) is 36.3 Å². The molecule has 4 rings (SSSR count). The van der Waals surface area contributed by atoms with Gasteiger partial charge in [0, 0.05) is 50.5 Å². The number of likely N-dealkylation sites (tertiary alicyclic amines) is 1. The highest BCUT2D eigenvalue weighted by atomic mass is 19.4. The standard InChI is InChI=1S/C22H23F5N8O/c1-3-34-11-15(18-28-5-4-6-29-18)17(33-34)19(36)35-12-21(23,24)7-13(2)16(35)10-32-20-30-8-14(9-31-20)22(25,26)27/h4-6,8-9,11,13,16H,3,7,10,12H2,1-2H3,(H,30,31,32)/t13-,16-/m1/s1. The Labute approximate surface area is 202 Å². The number of aryl methyl sites for hydroxylation is 1. The monoisotopic (exact) mass is 510 g/mol. The van der Waals surface area contributed by atoms with E-state index in [1.807, 2.05) is 6.92 Å². The molecule has 4 heterocycles. The molecule has 0 bridgehead atoms. The van der Waals surface area contributed by atoms with Crippen LogP contribution in [0, 0.1) is 5.92 Å². The van der Waals surface area contributed by atoms with Crippen molar-refractivity contribution >= 4 is 11.9 Å². The summed E-state index contributed by atoms with van der Waals surface area (Å²) < 4.78 is 69.0. The van der Waals surface area contributed by atoms with Crippen LogP contribution in [0.2, 0.25) is 0 Å². The molecule has 0 radical (unpaired) electrons. The van der Waals surface area contributed by atoms with E-state index in [0.29, 0.717) is 24.5 Å². The molecule has 3 aromatic rings. The predicted molar refractivity (Wildman–Crippen MR) is 118 cm³/mol. The first kappa shape index (κ1) is 25.4. The van der Waals surface area contributed by atoms with E-state index in [0.717, 1.165) is 4.90 Å². The van der Waals surface area contributed by atoms with Gasteiger partial charge in [-0.1, -0.05) is 6.92 Å². The summed E-state index contributed by atoms with van der Waals surface area (Å²) in [6.07, 6.45) is 0.766. The van der Waals surface area contributed by atoms with Crippen molar-refractivity contribution in [1.29, 1.82) is 0 Å². The lowest BCUT2D eigenvalue weighted by Gasteiger charge is -2.43. The minimum absolute atomic E-state index is 0.0555. The molecule has 0 saturated carbocycles. The van der Waals surface area contributed by atoms with Crippen LogP contribution < -0.4 is 5.32 Å². The van der Waals surface area contributed by atoms with Crippen molar-refractivity contribution in [2.24, 2.45) is 5.92 Å². The average Bonchev–Trinajstić information content (AvgIpc) is 3.27. The second-order valence-corrected chi connectivity index (χ2v) is 8.53. The zero-order valence-electron chi connectivity index (χ0n) is 19.4. The summed E-state index contributed by atoms with van der Waals surface area (Å²) in [5, 5.41) is 7.06. The fraction of sp³-hybridized carbons (Fsp3) is 0.455. The molecular weight excluding hydrogens is 487 g/mol. The summed E-state index contributed by atoms with van der Waals surface area (Å²) in [4.78, 5) is 30.3. The summed E-state index contributed by atoms with van der Waals surface area (Å²) in [6, 6.07) is 0.868. The lowest BCUT2D eigenvalue weighted by Crippen LogP contribution is -2.57. The van der Waals surface area contributed by atoms with Gasteiger partial charge >= 0.3 is 6.18 Å². The maximum Gasteiger partial charge on any atom is 0.419 e. The Balaban J connectivity index is 1.61. The van der Waals surface area contributed by atoms with E-state index in [2.05, 4.69) is 30.4 Å². The molecule has 192 valence electrons. The van der Waals surface area contributed by atoms with Crippen LogP contribution in [0.15, 0.2) is 37.1 Å². The Morgan fingerprint density at radius 3 is 2.44 bits per heavy atom. The number of halogens is 5. The van der Waals surface area contributed by atoms with Crippen molar-refractivity contribution < 1.29 is 26.7 Å². The van der Waals surface area contributed by atoms with E-state index in [9.17, 15) is 26.7 Å². The number of rotatable bonds is 6. The summed E-state index contributed by atoms with van der Waals surface area (Å²) in [5.74, 6) is -4.40. The summed E-state index contributed by atoms with van der Waals surface area (Å²) in [6.45, 7) is 2.92. The molecule has 0 aromatic carbocycles. The van der Waals surface area contributed by atoms with Gasteiger partial charge in [-0.15, -0.1) is 0 Å². The molecule has 0 aliphatic carbocycles. The molecule has 36 heavy (non-hydrogen) atoms. The maximum absolute atomic E-state index is 14.6. The van der Waals surface area contributed by atoms with Crippen LogP contribution >= 0.6 is 0 Å². The highest BCUT2D eigenvalue weighted by Gasteiger charge is 2.47. The first-order valence-electron chi connectivity index (χ1n) is 11.1. The van der Waals surface area contributed by atoms with Gasteiger partial charge in [0.05, 0.1) is 23.7 Å². The van der Waals surface area contributed by atoms with E-state index in [1.165, 1.54) is 17.1 Å². The average molecular weight is 510 g/mol. The number of amides is 1. The molecule has 9 nitrogen and oxygen atoms in total.